The maximum atomic E-state index is 12.3. The zero-order valence-electron chi connectivity index (χ0n) is 11.3. The van der Waals surface area contributed by atoms with E-state index < -0.39 is 10.0 Å². The number of benzene rings is 1. The smallest absolute Gasteiger partial charge is 0.242 e. The summed E-state index contributed by atoms with van der Waals surface area (Å²) in [6.07, 6.45) is 2.50. The molecule has 1 aromatic rings. The minimum Gasteiger partial charge on any atom is -0.329 e. The largest absolute Gasteiger partial charge is 0.329 e. The van der Waals surface area contributed by atoms with Crippen molar-refractivity contribution < 1.29 is 8.42 Å². The van der Waals surface area contributed by atoms with E-state index in [1.807, 2.05) is 13.0 Å². The molecule has 0 heterocycles. The van der Waals surface area contributed by atoms with E-state index in [2.05, 4.69) is 4.72 Å². The minimum atomic E-state index is -3.80. The molecule has 1 unspecified atom stereocenters. The van der Waals surface area contributed by atoms with Crippen molar-refractivity contribution in [2.75, 3.05) is 6.54 Å². The molecule has 0 bridgehead atoms. The van der Waals surface area contributed by atoms with E-state index in [9.17, 15) is 8.42 Å². The Morgan fingerprint density at radius 1 is 1.50 bits per heavy atom. The van der Waals surface area contributed by atoms with Gasteiger partial charge in [0, 0.05) is 17.6 Å². The monoisotopic (exact) mass is 315 g/mol. The molecule has 20 heavy (non-hydrogen) atoms. The van der Waals surface area contributed by atoms with Crippen LogP contribution in [0.3, 0.4) is 0 Å². The maximum Gasteiger partial charge on any atom is 0.242 e. The molecule has 1 aromatic carbocycles. The molecule has 7 heteroatoms. The van der Waals surface area contributed by atoms with Crippen LogP contribution in [-0.4, -0.2) is 21.0 Å². The summed E-state index contributed by atoms with van der Waals surface area (Å²) in [6, 6.07) is 5.66. The third kappa shape index (κ3) is 4.46. The molecule has 0 aliphatic rings. The van der Waals surface area contributed by atoms with Crippen LogP contribution < -0.4 is 10.5 Å². The molecule has 1 rings (SSSR count). The Balaban J connectivity index is 3.04. The van der Waals surface area contributed by atoms with Gasteiger partial charge in [-0.3, -0.25) is 0 Å². The number of halogens is 1. The average Bonchev–Trinajstić information content (AvgIpc) is 2.43. The Labute approximate surface area is 124 Å². The molecule has 0 saturated heterocycles. The van der Waals surface area contributed by atoms with E-state index >= 15 is 0 Å². The van der Waals surface area contributed by atoms with Crippen LogP contribution in [0.2, 0.25) is 5.02 Å². The Morgan fingerprint density at radius 3 is 2.75 bits per heavy atom. The molecular weight excluding hydrogens is 298 g/mol. The number of rotatable bonds is 7. The van der Waals surface area contributed by atoms with Gasteiger partial charge in [-0.2, -0.15) is 5.26 Å². The predicted molar refractivity (Wildman–Crippen MR) is 78.9 cm³/mol. The molecule has 0 aromatic heterocycles. The van der Waals surface area contributed by atoms with Crippen molar-refractivity contribution in [2.45, 2.75) is 37.1 Å². The Kier molecular flexibility index (Phi) is 6.43. The fraction of sp³-hybridized carbons (Fsp3) is 0.462. The first kappa shape index (κ1) is 16.9. The Hall–Kier alpha value is -1.13. The summed E-state index contributed by atoms with van der Waals surface area (Å²) in [4.78, 5) is -0.109. The van der Waals surface area contributed by atoms with Crippen molar-refractivity contribution in [3.05, 3.63) is 28.8 Å². The number of nitrogens with zero attached hydrogens (tertiary/aromatic N) is 1. The zero-order valence-corrected chi connectivity index (χ0v) is 12.8. The molecule has 0 radical (unpaired) electrons. The first-order valence-electron chi connectivity index (χ1n) is 6.36. The number of hydrogen-bond donors (Lipinski definition) is 2. The molecule has 0 fully saturated rings. The summed E-state index contributed by atoms with van der Waals surface area (Å²) >= 11 is 5.81. The standard InChI is InChI=1S/C13H18ClN3O2S/c1-2-3-4-12(9-16)17-20(18,19)13-7-11(14)6-5-10(13)8-15/h5-7,12,17H,2-4,9,16H2,1H3. The normalized spacial score (nSPS) is 12.9. The van der Waals surface area contributed by atoms with Crippen molar-refractivity contribution in [2.24, 2.45) is 5.73 Å². The summed E-state index contributed by atoms with van der Waals surface area (Å²) in [7, 11) is -3.80. The van der Waals surface area contributed by atoms with E-state index in [0.29, 0.717) is 6.42 Å². The van der Waals surface area contributed by atoms with Crippen LogP contribution in [0, 0.1) is 11.3 Å². The van der Waals surface area contributed by atoms with Gasteiger partial charge in [-0.1, -0.05) is 31.4 Å². The van der Waals surface area contributed by atoms with Crippen LogP contribution in [0.1, 0.15) is 31.7 Å². The van der Waals surface area contributed by atoms with Gasteiger partial charge in [0.2, 0.25) is 10.0 Å². The minimum absolute atomic E-state index is 0.0631. The first-order valence-corrected chi connectivity index (χ1v) is 8.22. The van der Waals surface area contributed by atoms with Crippen LogP contribution in [-0.2, 0) is 10.0 Å². The number of nitrogens with one attached hydrogen (secondary N) is 1. The second kappa shape index (κ2) is 7.60. The lowest BCUT2D eigenvalue weighted by Gasteiger charge is -2.17. The molecule has 5 nitrogen and oxygen atoms in total. The zero-order chi connectivity index (χ0) is 15.2. The van der Waals surface area contributed by atoms with Gasteiger partial charge < -0.3 is 5.73 Å². The molecule has 0 aliphatic carbocycles. The SMILES string of the molecule is CCCCC(CN)NS(=O)(=O)c1cc(Cl)ccc1C#N. The van der Waals surface area contributed by atoms with Gasteiger partial charge in [0.05, 0.1) is 5.56 Å². The van der Waals surface area contributed by atoms with Crippen molar-refractivity contribution in [3.8, 4) is 6.07 Å². The van der Waals surface area contributed by atoms with Gasteiger partial charge >= 0.3 is 0 Å². The predicted octanol–water partition coefficient (Wildman–Crippen LogP) is 2.01. The highest BCUT2D eigenvalue weighted by molar-refractivity contribution is 7.89. The highest BCUT2D eigenvalue weighted by Gasteiger charge is 2.22. The lowest BCUT2D eigenvalue weighted by Crippen LogP contribution is -2.40. The van der Waals surface area contributed by atoms with Crippen molar-refractivity contribution in [1.29, 1.82) is 5.26 Å². The van der Waals surface area contributed by atoms with Gasteiger partial charge in [-0.05, 0) is 24.6 Å². The highest BCUT2D eigenvalue weighted by Crippen LogP contribution is 2.20. The van der Waals surface area contributed by atoms with Gasteiger partial charge in [0.25, 0.3) is 0 Å². The highest BCUT2D eigenvalue weighted by atomic mass is 35.5. The molecular formula is C13H18ClN3O2S. The number of nitrogens with two attached hydrogens (primary N) is 1. The molecule has 0 spiro atoms. The van der Waals surface area contributed by atoms with Gasteiger partial charge in [-0.25, -0.2) is 13.1 Å². The maximum absolute atomic E-state index is 12.3. The van der Waals surface area contributed by atoms with Crippen LogP contribution in [0.15, 0.2) is 23.1 Å². The first-order chi connectivity index (χ1) is 9.44. The number of sulfonamides is 1. The Morgan fingerprint density at radius 2 is 2.20 bits per heavy atom. The summed E-state index contributed by atoms with van der Waals surface area (Å²) < 4.78 is 27.2. The van der Waals surface area contributed by atoms with E-state index in [4.69, 9.17) is 22.6 Å². The van der Waals surface area contributed by atoms with Crippen LogP contribution in [0.5, 0.6) is 0 Å². The van der Waals surface area contributed by atoms with E-state index in [-0.39, 0.29) is 28.1 Å². The molecule has 1 atom stereocenters. The van der Waals surface area contributed by atoms with Crippen LogP contribution >= 0.6 is 11.6 Å². The van der Waals surface area contributed by atoms with E-state index in [0.717, 1.165) is 12.8 Å². The fourth-order valence-corrected chi connectivity index (χ4v) is 3.47. The van der Waals surface area contributed by atoms with Gasteiger partial charge in [-0.15, -0.1) is 0 Å². The molecule has 3 N–H and O–H groups in total. The molecule has 0 saturated carbocycles. The Bertz CT molecular complexity index is 596. The molecule has 0 aliphatic heterocycles. The number of unbranched alkanes of at least 4 members (excludes halogenated alkanes) is 1. The topological polar surface area (TPSA) is 96.0 Å². The quantitative estimate of drug-likeness (QED) is 0.804. The molecule has 110 valence electrons. The second-order valence-corrected chi connectivity index (χ2v) is 6.57. The van der Waals surface area contributed by atoms with Crippen molar-refractivity contribution >= 4 is 21.6 Å². The third-order valence-electron chi connectivity index (χ3n) is 2.87. The fourth-order valence-electron chi connectivity index (χ4n) is 1.77. The van der Waals surface area contributed by atoms with Crippen molar-refractivity contribution in [3.63, 3.8) is 0 Å². The van der Waals surface area contributed by atoms with Gasteiger partial charge in [0.15, 0.2) is 0 Å². The van der Waals surface area contributed by atoms with E-state index in [1.54, 1.807) is 0 Å². The van der Waals surface area contributed by atoms with Crippen LogP contribution in [0.4, 0.5) is 0 Å². The second-order valence-electron chi connectivity index (χ2n) is 4.45. The summed E-state index contributed by atoms with van der Waals surface area (Å²) in [5.41, 5.74) is 5.64. The lowest BCUT2D eigenvalue weighted by molar-refractivity contribution is 0.516. The van der Waals surface area contributed by atoms with Gasteiger partial charge in [0.1, 0.15) is 11.0 Å². The average molecular weight is 316 g/mol. The van der Waals surface area contributed by atoms with Crippen molar-refractivity contribution in [1.82, 2.24) is 4.72 Å². The molecule has 0 amide bonds. The lowest BCUT2D eigenvalue weighted by atomic mass is 10.1. The summed E-state index contributed by atoms with van der Waals surface area (Å²) in [5, 5.41) is 9.26. The van der Waals surface area contributed by atoms with E-state index in [1.165, 1.54) is 18.2 Å². The third-order valence-corrected chi connectivity index (χ3v) is 4.66. The van der Waals surface area contributed by atoms with Crippen LogP contribution in [0.25, 0.3) is 0 Å². The summed E-state index contributed by atoms with van der Waals surface area (Å²) in [6.45, 7) is 2.23. The number of hydrogen-bond acceptors (Lipinski definition) is 4. The number of nitriles is 1. The summed E-state index contributed by atoms with van der Waals surface area (Å²) in [5.74, 6) is 0.